The summed E-state index contributed by atoms with van der Waals surface area (Å²) in [7, 11) is 0. The minimum Gasteiger partial charge on any atom is -0.327 e. The summed E-state index contributed by atoms with van der Waals surface area (Å²) < 4.78 is 0. The molecule has 0 saturated heterocycles. The summed E-state index contributed by atoms with van der Waals surface area (Å²) in [5.41, 5.74) is 7.86. The molecule has 1 aromatic heterocycles. The Morgan fingerprint density at radius 2 is 2.50 bits per heavy atom. The lowest BCUT2D eigenvalue weighted by Crippen LogP contribution is -2.27. The van der Waals surface area contributed by atoms with Crippen LogP contribution < -0.4 is 11.1 Å². The van der Waals surface area contributed by atoms with Crippen LogP contribution in [-0.2, 0) is 6.54 Å². The summed E-state index contributed by atoms with van der Waals surface area (Å²) in [6.07, 6.45) is 5.70. The molecule has 3 N–H and O–H groups in total. The molecule has 1 heterocycles. The van der Waals surface area contributed by atoms with Crippen LogP contribution in [0.4, 0.5) is 0 Å². The predicted molar refractivity (Wildman–Crippen MR) is 59.1 cm³/mol. The quantitative estimate of drug-likeness (QED) is 0.699. The zero-order valence-electron chi connectivity index (χ0n) is 8.28. The van der Waals surface area contributed by atoms with E-state index in [0.717, 1.165) is 25.4 Å². The van der Waals surface area contributed by atoms with E-state index in [-0.39, 0.29) is 0 Å². The Balaban J connectivity index is 1.54. The maximum Gasteiger partial charge on any atom is 0.0794 e. The maximum atomic E-state index is 5.99. The number of hydrogen-bond acceptors (Lipinski definition) is 4. The van der Waals surface area contributed by atoms with Gasteiger partial charge in [-0.15, -0.1) is 11.3 Å². The molecule has 1 aliphatic rings. The van der Waals surface area contributed by atoms with E-state index >= 15 is 0 Å². The van der Waals surface area contributed by atoms with E-state index in [4.69, 9.17) is 5.73 Å². The van der Waals surface area contributed by atoms with Crippen LogP contribution in [0.3, 0.4) is 0 Å². The fourth-order valence-corrected chi connectivity index (χ4v) is 2.13. The zero-order chi connectivity index (χ0) is 9.80. The number of hydrogen-bond donors (Lipinski definition) is 2. The van der Waals surface area contributed by atoms with Crippen molar-refractivity contribution >= 4 is 11.3 Å². The van der Waals surface area contributed by atoms with E-state index < -0.39 is 0 Å². The van der Waals surface area contributed by atoms with E-state index in [2.05, 4.69) is 10.3 Å². The molecule has 0 aromatic carbocycles. The second-order valence-corrected chi connectivity index (χ2v) is 4.91. The highest BCUT2D eigenvalue weighted by molar-refractivity contribution is 7.09. The smallest absolute Gasteiger partial charge is 0.0794 e. The number of nitrogens with zero attached hydrogens (tertiary/aromatic N) is 1. The van der Waals surface area contributed by atoms with Crippen molar-refractivity contribution in [2.45, 2.75) is 31.8 Å². The van der Waals surface area contributed by atoms with Gasteiger partial charge in [0, 0.05) is 23.7 Å². The Kier molecular flexibility index (Phi) is 3.50. The van der Waals surface area contributed by atoms with E-state index in [9.17, 15) is 0 Å². The first-order chi connectivity index (χ1) is 6.86. The molecule has 3 nitrogen and oxygen atoms in total. The van der Waals surface area contributed by atoms with Gasteiger partial charge in [-0.2, -0.15) is 0 Å². The molecule has 1 unspecified atom stereocenters. The first-order valence-electron chi connectivity index (χ1n) is 5.20. The molecule has 1 atom stereocenters. The summed E-state index contributed by atoms with van der Waals surface area (Å²) in [6.45, 7) is 1.96. The predicted octanol–water partition coefficient (Wildman–Crippen LogP) is 1.36. The number of thiazole rings is 1. The van der Waals surface area contributed by atoms with Gasteiger partial charge in [0.15, 0.2) is 0 Å². The van der Waals surface area contributed by atoms with Crippen LogP contribution >= 0.6 is 11.3 Å². The lowest BCUT2D eigenvalue weighted by molar-refractivity contribution is 0.518. The number of aromatic nitrogens is 1. The molecule has 0 spiro atoms. The normalized spacial score (nSPS) is 18.4. The molecule has 0 aliphatic heterocycles. The third-order valence-corrected chi connectivity index (χ3v) is 3.44. The number of rotatable bonds is 6. The minimum atomic E-state index is 0.420. The summed E-state index contributed by atoms with van der Waals surface area (Å²) in [6, 6.07) is 0.420. The van der Waals surface area contributed by atoms with Crippen molar-refractivity contribution in [1.82, 2.24) is 10.3 Å². The van der Waals surface area contributed by atoms with Gasteiger partial charge in [-0.1, -0.05) is 0 Å². The fourth-order valence-electron chi connectivity index (χ4n) is 1.57. The molecule has 1 fully saturated rings. The Labute approximate surface area is 88.7 Å². The van der Waals surface area contributed by atoms with Gasteiger partial charge in [0.1, 0.15) is 0 Å². The van der Waals surface area contributed by atoms with E-state index in [0.29, 0.717) is 6.04 Å². The first-order valence-corrected chi connectivity index (χ1v) is 6.08. The Morgan fingerprint density at radius 3 is 3.14 bits per heavy atom. The van der Waals surface area contributed by atoms with Gasteiger partial charge in [0.25, 0.3) is 0 Å². The monoisotopic (exact) mass is 211 g/mol. The van der Waals surface area contributed by atoms with Crippen LogP contribution in [0.25, 0.3) is 0 Å². The lowest BCUT2D eigenvalue weighted by Gasteiger charge is -2.09. The average Bonchev–Trinajstić information content (AvgIpc) is 2.92. The molecule has 1 aliphatic carbocycles. The molecule has 0 radical (unpaired) electrons. The largest absolute Gasteiger partial charge is 0.327 e. The summed E-state index contributed by atoms with van der Waals surface area (Å²) in [5, 5.41) is 3.39. The highest BCUT2D eigenvalue weighted by Crippen LogP contribution is 2.32. The van der Waals surface area contributed by atoms with Gasteiger partial charge in [0.2, 0.25) is 0 Å². The van der Waals surface area contributed by atoms with Crippen molar-refractivity contribution in [3.05, 3.63) is 16.6 Å². The lowest BCUT2D eigenvalue weighted by atomic mass is 10.1. The third kappa shape index (κ3) is 3.04. The van der Waals surface area contributed by atoms with E-state index in [1.54, 1.807) is 11.3 Å². The Hall–Kier alpha value is -0.450. The maximum absolute atomic E-state index is 5.99. The number of nitrogens with two attached hydrogens (primary N) is 1. The average molecular weight is 211 g/mol. The Bertz CT molecular complexity index is 256. The van der Waals surface area contributed by atoms with Crippen LogP contribution in [0.15, 0.2) is 11.7 Å². The molecule has 78 valence electrons. The second-order valence-electron chi connectivity index (χ2n) is 3.93. The molecular weight excluding hydrogens is 194 g/mol. The molecule has 1 saturated carbocycles. The van der Waals surface area contributed by atoms with Gasteiger partial charge in [-0.25, -0.2) is 0 Å². The van der Waals surface area contributed by atoms with Crippen LogP contribution in [0.1, 0.15) is 24.1 Å². The zero-order valence-corrected chi connectivity index (χ0v) is 9.09. The Morgan fingerprint density at radius 1 is 1.64 bits per heavy atom. The van der Waals surface area contributed by atoms with Crippen LogP contribution in [0, 0.1) is 5.92 Å². The first kappa shape index (κ1) is 10.1. The SMILES string of the molecule is NC(CCNCc1cncs1)C1CC1. The highest BCUT2D eigenvalue weighted by atomic mass is 32.1. The molecule has 1 aromatic rings. The number of nitrogens with one attached hydrogen (secondary N) is 1. The molecule has 0 bridgehead atoms. The fraction of sp³-hybridized carbons (Fsp3) is 0.700. The summed E-state index contributed by atoms with van der Waals surface area (Å²) in [4.78, 5) is 5.32. The van der Waals surface area contributed by atoms with Gasteiger partial charge >= 0.3 is 0 Å². The van der Waals surface area contributed by atoms with E-state index in [1.165, 1.54) is 17.7 Å². The molecule has 0 amide bonds. The van der Waals surface area contributed by atoms with Crippen molar-refractivity contribution in [2.24, 2.45) is 11.7 Å². The van der Waals surface area contributed by atoms with Gasteiger partial charge < -0.3 is 11.1 Å². The topological polar surface area (TPSA) is 50.9 Å². The highest BCUT2D eigenvalue weighted by Gasteiger charge is 2.27. The van der Waals surface area contributed by atoms with Gasteiger partial charge in [-0.3, -0.25) is 4.98 Å². The summed E-state index contributed by atoms with van der Waals surface area (Å²) >= 11 is 1.70. The third-order valence-electron chi connectivity index (χ3n) is 2.66. The molecular formula is C10H17N3S. The molecule has 4 heteroatoms. The minimum absolute atomic E-state index is 0.420. The van der Waals surface area contributed by atoms with Crippen LogP contribution in [-0.4, -0.2) is 17.6 Å². The van der Waals surface area contributed by atoms with Crippen LogP contribution in [0.5, 0.6) is 0 Å². The van der Waals surface area contributed by atoms with Crippen molar-refractivity contribution in [2.75, 3.05) is 6.54 Å². The van der Waals surface area contributed by atoms with Crippen LogP contribution in [0.2, 0.25) is 0 Å². The van der Waals surface area contributed by atoms with Crippen molar-refractivity contribution in [1.29, 1.82) is 0 Å². The second kappa shape index (κ2) is 4.87. The molecule has 2 rings (SSSR count). The van der Waals surface area contributed by atoms with Gasteiger partial charge in [0.05, 0.1) is 5.51 Å². The summed E-state index contributed by atoms with van der Waals surface area (Å²) in [5.74, 6) is 0.820. The standard InChI is InChI=1S/C10H17N3S/c11-10(8-1-2-8)3-4-12-5-9-6-13-7-14-9/h6-8,10,12H,1-5,11H2. The van der Waals surface area contributed by atoms with Gasteiger partial charge in [-0.05, 0) is 31.7 Å². The molecule has 14 heavy (non-hydrogen) atoms. The van der Waals surface area contributed by atoms with Crippen molar-refractivity contribution in [3.8, 4) is 0 Å². The van der Waals surface area contributed by atoms with Crippen molar-refractivity contribution < 1.29 is 0 Å². The van der Waals surface area contributed by atoms with E-state index in [1.807, 2.05) is 11.7 Å². The van der Waals surface area contributed by atoms with Crippen molar-refractivity contribution in [3.63, 3.8) is 0 Å².